The van der Waals surface area contributed by atoms with Crippen LogP contribution in [0.2, 0.25) is 0 Å². The van der Waals surface area contributed by atoms with Gasteiger partial charge in [-0.2, -0.15) is 0 Å². The monoisotopic (exact) mass is 292 g/mol. The summed E-state index contributed by atoms with van der Waals surface area (Å²) in [5, 5.41) is 3.36. The fourth-order valence-electron chi connectivity index (χ4n) is 2.51. The van der Waals surface area contributed by atoms with Gasteiger partial charge in [-0.3, -0.25) is 10.1 Å². The van der Waals surface area contributed by atoms with E-state index < -0.39 is 0 Å². The van der Waals surface area contributed by atoms with Crippen molar-refractivity contribution in [3.8, 4) is 5.75 Å². The van der Waals surface area contributed by atoms with Crippen LogP contribution in [0.3, 0.4) is 0 Å². The van der Waals surface area contributed by atoms with Crippen molar-refractivity contribution >= 4 is 5.91 Å². The van der Waals surface area contributed by atoms with Gasteiger partial charge in [0.1, 0.15) is 5.75 Å². The molecular weight excluding hydrogens is 268 g/mol. The predicted molar refractivity (Wildman–Crippen MR) is 81.4 cm³/mol. The highest BCUT2D eigenvalue weighted by molar-refractivity contribution is 5.81. The van der Waals surface area contributed by atoms with Gasteiger partial charge in [0.2, 0.25) is 5.91 Å². The minimum Gasteiger partial charge on any atom is -0.497 e. The molecule has 1 unspecified atom stereocenters. The van der Waals surface area contributed by atoms with Gasteiger partial charge in [0, 0.05) is 19.1 Å². The summed E-state index contributed by atoms with van der Waals surface area (Å²) in [6.45, 7) is 6.58. The quantitative estimate of drug-likeness (QED) is 0.895. The predicted octanol–water partition coefficient (Wildman–Crippen LogP) is 1.59. The van der Waals surface area contributed by atoms with Gasteiger partial charge in [0.05, 0.1) is 26.4 Å². The van der Waals surface area contributed by atoms with Crippen LogP contribution in [0.1, 0.15) is 25.5 Å². The van der Waals surface area contributed by atoms with Crippen molar-refractivity contribution in [2.45, 2.75) is 25.9 Å². The van der Waals surface area contributed by atoms with E-state index in [1.165, 1.54) is 0 Å². The second kappa shape index (κ2) is 7.43. The first-order valence-electron chi connectivity index (χ1n) is 7.38. The second-order valence-electron chi connectivity index (χ2n) is 5.32. The standard InChI is InChI=1S/C16H24N2O3/c1-12(14-5-4-6-15(11-14)20-3)17-13(2)16(19)18-7-9-21-10-8-18/h4-6,11-13,17H,7-10H2,1-3H3/t12-,13?/m0/s1. The Morgan fingerprint density at radius 1 is 1.33 bits per heavy atom. The number of methoxy groups -OCH3 is 1. The first kappa shape index (κ1) is 15.8. The molecule has 0 aromatic heterocycles. The molecule has 2 atom stereocenters. The SMILES string of the molecule is COc1cccc([C@H](C)NC(C)C(=O)N2CCOCC2)c1. The average Bonchev–Trinajstić information content (AvgIpc) is 2.54. The molecule has 5 nitrogen and oxygen atoms in total. The second-order valence-corrected chi connectivity index (χ2v) is 5.32. The summed E-state index contributed by atoms with van der Waals surface area (Å²) in [6, 6.07) is 7.76. The summed E-state index contributed by atoms with van der Waals surface area (Å²) in [5.41, 5.74) is 1.11. The molecule has 1 aromatic rings. The summed E-state index contributed by atoms with van der Waals surface area (Å²) in [6.07, 6.45) is 0. The van der Waals surface area contributed by atoms with Crippen molar-refractivity contribution < 1.29 is 14.3 Å². The molecule has 0 bridgehead atoms. The molecule has 1 fully saturated rings. The summed E-state index contributed by atoms with van der Waals surface area (Å²) in [7, 11) is 1.65. The summed E-state index contributed by atoms with van der Waals surface area (Å²) in [5.74, 6) is 0.960. The maximum atomic E-state index is 12.4. The highest BCUT2D eigenvalue weighted by Gasteiger charge is 2.23. The molecule has 1 aromatic carbocycles. The van der Waals surface area contributed by atoms with Gasteiger partial charge >= 0.3 is 0 Å². The maximum Gasteiger partial charge on any atom is 0.239 e. The zero-order valence-corrected chi connectivity index (χ0v) is 13.0. The van der Waals surface area contributed by atoms with Crippen LogP contribution in [0.25, 0.3) is 0 Å². The zero-order chi connectivity index (χ0) is 15.2. The van der Waals surface area contributed by atoms with Gasteiger partial charge in [0.25, 0.3) is 0 Å². The molecule has 1 aliphatic rings. The number of morpholine rings is 1. The molecule has 1 N–H and O–H groups in total. The molecule has 0 saturated carbocycles. The minimum atomic E-state index is -0.218. The van der Waals surface area contributed by atoms with Crippen LogP contribution >= 0.6 is 0 Å². The van der Waals surface area contributed by atoms with Crippen LogP contribution in [0, 0.1) is 0 Å². The highest BCUT2D eigenvalue weighted by atomic mass is 16.5. The van der Waals surface area contributed by atoms with Gasteiger partial charge in [-0.1, -0.05) is 12.1 Å². The van der Waals surface area contributed by atoms with Crippen LogP contribution < -0.4 is 10.1 Å². The molecule has 5 heteroatoms. The fourth-order valence-corrected chi connectivity index (χ4v) is 2.51. The number of hydrogen-bond acceptors (Lipinski definition) is 4. The fraction of sp³-hybridized carbons (Fsp3) is 0.562. The lowest BCUT2D eigenvalue weighted by Crippen LogP contribution is -2.49. The van der Waals surface area contributed by atoms with E-state index in [1.807, 2.05) is 36.1 Å². The lowest BCUT2D eigenvalue weighted by Gasteiger charge is -2.30. The van der Waals surface area contributed by atoms with Gasteiger partial charge in [-0.05, 0) is 31.5 Å². The van der Waals surface area contributed by atoms with Gasteiger partial charge in [-0.15, -0.1) is 0 Å². The van der Waals surface area contributed by atoms with Crippen LogP contribution in [-0.4, -0.2) is 50.3 Å². The third-order valence-electron chi connectivity index (χ3n) is 3.79. The third kappa shape index (κ3) is 4.19. The first-order valence-corrected chi connectivity index (χ1v) is 7.38. The molecule has 116 valence electrons. The number of hydrogen-bond donors (Lipinski definition) is 1. The molecule has 1 saturated heterocycles. The molecule has 1 heterocycles. The Kier molecular flexibility index (Phi) is 5.59. The average molecular weight is 292 g/mol. The number of amides is 1. The Labute approximate surface area is 126 Å². The van der Waals surface area contributed by atoms with E-state index >= 15 is 0 Å². The largest absolute Gasteiger partial charge is 0.497 e. The van der Waals surface area contributed by atoms with E-state index in [2.05, 4.69) is 12.2 Å². The van der Waals surface area contributed by atoms with Crippen molar-refractivity contribution in [1.82, 2.24) is 10.2 Å². The molecule has 2 rings (SSSR count). The number of nitrogens with zero attached hydrogens (tertiary/aromatic N) is 1. The van der Waals surface area contributed by atoms with Crippen LogP contribution in [0.4, 0.5) is 0 Å². The van der Waals surface area contributed by atoms with E-state index in [1.54, 1.807) is 7.11 Å². The lowest BCUT2D eigenvalue weighted by atomic mass is 10.1. The van der Waals surface area contributed by atoms with Crippen molar-refractivity contribution in [2.75, 3.05) is 33.4 Å². The molecule has 21 heavy (non-hydrogen) atoms. The number of rotatable bonds is 5. The van der Waals surface area contributed by atoms with Crippen molar-refractivity contribution in [1.29, 1.82) is 0 Å². The van der Waals surface area contributed by atoms with Gasteiger partial charge in [-0.25, -0.2) is 0 Å². The van der Waals surface area contributed by atoms with Crippen LogP contribution in [0.5, 0.6) is 5.75 Å². The Bertz CT molecular complexity index is 472. The summed E-state index contributed by atoms with van der Waals surface area (Å²) in [4.78, 5) is 14.2. The lowest BCUT2D eigenvalue weighted by molar-refractivity contribution is -0.137. The smallest absolute Gasteiger partial charge is 0.239 e. The molecule has 1 amide bonds. The Morgan fingerprint density at radius 3 is 2.71 bits per heavy atom. The van der Waals surface area contributed by atoms with Crippen LogP contribution in [-0.2, 0) is 9.53 Å². The maximum absolute atomic E-state index is 12.4. The van der Waals surface area contributed by atoms with Crippen LogP contribution in [0.15, 0.2) is 24.3 Å². The Morgan fingerprint density at radius 2 is 2.05 bits per heavy atom. The number of ether oxygens (including phenoxy) is 2. The molecule has 1 aliphatic heterocycles. The topological polar surface area (TPSA) is 50.8 Å². The summed E-state index contributed by atoms with van der Waals surface area (Å²) >= 11 is 0. The molecule has 0 aliphatic carbocycles. The first-order chi connectivity index (χ1) is 10.1. The Balaban J connectivity index is 1.94. The number of nitrogens with one attached hydrogen (secondary N) is 1. The minimum absolute atomic E-state index is 0.0834. The number of carbonyl (C=O) groups is 1. The normalized spacial score (nSPS) is 18.1. The van der Waals surface area contributed by atoms with Crippen molar-refractivity contribution in [3.05, 3.63) is 29.8 Å². The van der Waals surface area contributed by atoms with E-state index in [0.717, 1.165) is 11.3 Å². The number of benzene rings is 1. The van der Waals surface area contributed by atoms with Crippen molar-refractivity contribution in [3.63, 3.8) is 0 Å². The number of carbonyl (C=O) groups excluding carboxylic acids is 1. The highest BCUT2D eigenvalue weighted by Crippen LogP contribution is 2.19. The molecule has 0 radical (unpaired) electrons. The zero-order valence-electron chi connectivity index (χ0n) is 13.0. The van der Waals surface area contributed by atoms with Crippen molar-refractivity contribution in [2.24, 2.45) is 0 Å². The van der Waals surface area contributed by atoms with E-state index in [4.69, 9.17) is 9.47 Å². The van der Waals surface area contributed by atoms with E-state index in [-0.39, 0.29) is 18.0 Å². The third-order valence-corrected chi connectivity index (χ3v) is 3.79. The summed E-state index contributed by atoms with van der Waals surface area (Å²) < 4.78 is 10.5. The molecular formula is C16H24N2O3. The Hall–Kier alpha value is -1.59. The van der Waals surface area contributed by atoms with E-state index in [0.29, 0.717) is 26.3 Å². The van der Waals surface area contributed by atoms with Gasteiger partial charge < -0.3 is 14.4 Å². The van der Waals surface area contributed by atoms with Gasteiger partial charge in [0.15, 0.2) is 0 Å². The molecule has 0 spiro atoms. The van der Waals surface area contributed by atoms with E-state index in [9.17, 15) is 4.79 Å².